The summed E-state index contributed by atoms with van der Waals surface area (Å²) in [4.78, 5) is 0. The number of hydrogen-bond acceptors (Lipinski definition) is 3. The number of rotatable bonds is 9. The van der Waals surface area contributed by atoms with Crippen LogP contribution in [0, 0.1) is 0 Å². The molecule has 4 nitrogen and oxygen atoms in total. The van der Waals surface area contributed by atoms with Gasteiger partial charge in [-0.25, -0.2) is 4.68 Å². The van der Waals surface area contributed by atoms with Gasteiger partial charge < -0.3 is 9.47 Å². The molecule has 5 rings (SSSR count). The van der Waals surface area contributed by atoms with Crippen LogP contribution in [-0.4, -0.2) is 9.78 Å². The molecule has 5 aromatic rings. The molecule has 0 aliphatic rings. The second-order valence-corrected chi connectivity index (χ2v) is 8.05. The zero-order chi connectivity index (χ0) is 23.2. The van der Waals surface area contributed by atoms with Gasteiger partial charge in [0.15, 0.2) is 0 Å². The highest BCUT2D eigenvalue weighted by Crippen LogP contribution is 2.32. The van der Waals surface area contributed by atoms with Crippen molar-refractivity contribution in [1.82, 2.24) is 9.78 Å². The number of hydrogen-bond donors (Lipinski definition) is 0. The molecule has 4 heteroatoms. The second kappa shape index (κ2) is 10.1. The SMILES string of the molecule is C=CCc1nn(-c2ccc(OCc3ccccc3)cc2OCc2ccccc2)c2ccccc12. The maximum Gasteiger partial charge on any atom is 0.149 e. The van der Waals surface area contributed by atoms with E-state index in [1.54, 1.807) is 0 Å². The van der Waals surface area contributed by atoms with Gasteiger partial charge in [0.25, 0.3) is 0 Å². The van der Waals surface area contributed by atoms with Crippen LogP contribution in [0.15, 0.2) is 116 Å². The Hall–Kier alpha value is -4.31. The first kappa shape index (κ1) is 21.5. The molecule has 0 saturated carbocycles. The minimum absolute atomic E-state index is 0.453. The predicted molar refractivity (Wildman–Crippen MR) is 137 cm³/mol. The van der Waals surface area contributed by atoms with Gasteiger partial charge in [-0.15, -0.1) is 6.58 Å². The van der Waals surface area contributed by atoms with E-state index >= 15 is 0 Å². The van der Waals surface area contributed by atoms with Crippen molar-refractivity contribution in [1.29, 1.82) is 0 Å². The zero-order valence-corrected chi connectivity index (χ0v) is 18.9. The van der Waals surface area contributed by atoms with Gasteiger partial charge in [0.2, 0.25) is 0 Å². The Morgan fingerprint density at radius 1 is 0.735 bits per heavy atom. The van der Waals surface area contributed by atoms with E-state index in [1.165, 1.54) is 0 Å². The second-order valence-electron chi connectivity index (χ2n) is 8.05. The maximum atomic E-state index is 6.33. The Kier molecular flexibility index (Phi) is 6.39. The molecule has 34 heavy (non-hydrogen) atoms. The molecular weight excluding hydrogens is 420 g/mol. The molecular formula is C30H26N2O2. The lowest BCUT2D eigenvalue weighted by Crippen LogP contribution is -2.04. The van der Waals surface area contributed by atoms with Crippen molar-refractivity contribution in [3.05, 3.63) is 133 Å². The van der Waals surface area contributed by atoms with Crippen LogP contribution in [0.5, 0.6) is 11.5 Å². The molecule has 0 spiro atoms. The number of allylic oxidation sites excluding steroid dienone is 1. The summed E-state index contributed by atoms with van der Waals surface area (Å²) in [6, 6.07) is 34.5. The van der Waals surface area contributed by atoms with Crippen LogP contribution in [-0.2, 0) is 19.6 Å². The van der Waals surface area contributed by atoms with E-state index < -0.39 is 0 Å². The first-order chi connectivity index (χ1) is 16.8. The smallest absolute Gasteiger partial charge is 0.149 e. The lowest BCUT2D eigenvalue weighted by molar-refractivity contribution is 0.289. The van der Waals surface area contributed by atoms with Gasteiger partial charge in [-0.2, -0.15) is 5.10 Å². The minimum atomic E-state index is 0.453. The van der Waals surface area contributed by atoms with Crippen molar-refractivity contribution < 1.29 is 9.47 Å². The summed E-state index contributed by atoms with van der Waals surface area (Å²) in [6.07, 6.45) is 2.58. The van der Waals surface area contributed by atoms with E-state index in [4.69, 9.17) is 14.6 Å². The summed E-state index contributed by atoms with van der Waals surface area (Å²) in [5.74, 6) is 1.46. The van der Waals surface area contributed by atoms with Gasteiger partial charge in [0.1, 0.15) is 30.4 Å². The number of ether oxygens (including phenoxy) is 2. The Morgan fingerprint density at radius 2 is 1.38 bits per heavy atom. The first-order valence-corrected chi connectivity index (χ1v) is 11.4. The van der Waals surface area contributed by atoms with Crippen molar-refractivity contribution in [3.63, 3.8) is 0 Å². The average Bonchev–Trinajstić information content (AvgIpc) is 3.26. The predicted octanol–water partition coefficient (Wildman–Crippen LogP) is 6.91. The average molecular weight is 447 g/mol. The van der Waals surface area contributed by atoms with Crippen molar-refractivity contribution in [3.8, 4) is 17.2 Å². The Labute approximate surface area is 199 Å². The molecule has 0 atom stereocenters. The molecule has 4 aromatic carbocycles. The molecule has 0 unspecified atom stereocenters. The fourth-order valence-electron chi connectivity index (χ4n) is 3.95. The number of para-hydroxylation sites is 1. The van der Waals surface area contributed by atoms with Crippen molar-refractivity contribution in [2.24, 2.45) is 0 Å². The molecule has 0 aliphatic heterocycles. The molecule has 168 valence electrons. The van der Waals surface area contributed by atoms with Gasteiger partial charge in [-0.3, -0.25) is 0 Å². The van der Waals surface area contributed by atoms with Gasteiger partial charge in [0, 0.05) is 17.9 Å². The summed E-state index contributed by atoms with van der Waals surface area (Å²) < 4.78 is 14.4. The molecule has 0 fully saturated rings. The molecule has 0 aliphatic carbocycles. The minimum Gasteiger partial charge on any atom is -0.489 e. The molecule has 0 saturated heterocycles. The number of fused-ring (bicyclic) bond motifs is 1. The lowest BCUT2D eigenvalue weighted by atomic mass is 10.1. The summed E-state index contributed by atoms with van der Waals surface area (Å²) in [5.41, 5.74) is 5.10. The zero-order valence-electron chi connectivity index (χ0n) is 18.9. The Balaban J connectivity index is 1.51. The highest BCUT2D eigenvalue weighted by molar-refractivity contribution is 5.84. The molecule has 0 radical (unpaired) electrons. The van der Waals surface area contributed by atoms with Crippen LogP contribution in [0.4, 0.5) is 0 Å². The van der Waals surface area contributed by atoms with E-state index in [-0.39, 0.29) is 0 Å². The van der Waals surface area contributed by atoms with Crippen LogP contribution >= 0.6 is 0 Å². The summed E-state index contributed by atoms with van der Waals surface area (Å²) >= 11 is 0. The molecule has 0 bridgehead atoms. The van der Waals surface area contributed by atoms with E-state index in [2.05, 4.69) is 43.0 Å². The monoisotopic (exact) mass is 446 g/mol. The van der Waals surface area contributed by atoms with Crippen LogP contribution in [0.1, 0.15) is 16.8 Å². The third-order valence-corrected chi connectivity index (χ3v) is 5.65. The summed E-state index contributed by atoms with van der Waals surface area (Å²) in [5, 5.41) is 6.02. The van der Waals surface area contributed by atoms with Crippen LogP contribution in [0.25, 0.3) is 16.6 Å². The molecule has 1 aromatic heterocycles. The first-order valence-electron chi connectivity index (χ1n) is 11.4. The quantitative estimate of drug-likeness (QED) is 0.231. The molecule has 1 heterocycles. The third-order valence-electron chi connectivity index (χ3n) is 5.65. The van der Waals surface area contributed by atoms with Gasteiger partial charge in [0.05, 0.1) is 11.2 Å². The Morgan fingerprint density at radius 3 is 2.09 bits per heavy atom. The Bertz CT molecular complexity index is 1390. The number of aromatic nitrogens is 2. The molecule has 0 N–H and O–H groups in total. The van der Waals surface area contributed by atoms with Gasteiger partial charge >= 0.3 is 0 Å². The van der Waals surface area contributed by atoms with Crippen LogP contribution in [0.2, 0.25) is 0 Å². The summed E-state index contributed by atoms with van der Waals surface area (Å²) in [7, 11) is 0. The van der Waals surface area contributed by atoms with Crippen molar-refractivity contribution in [2.75, 3.05) is 0 Å². The number of benzene rings is 4. The van der Waals surface area contributed by atoms with Gasteiger partial charge in [-0.05, 0) is 29.3 Å². The molecule has 0 amide bonds. The summed E-state index contributed by atoms with van der Waals surface area (Å²) in [6.45, 7) is 4.84. The van der Waals surface area contributed by atoms with Gasteiger partial charge in [-0.1, -0.05) is 84.9 Å². The number of nitrogens with zero attached hydrogens (tertiary/aromatic N) is 2. The fraction of sp³-hybridized carbons (Fsp3) is 0.100. The van der Waals surface area contributed by atoms with E-state index in [9.17, 15) is 0 Å². The largest absolute Gasteiger partial charge is 0.489 e. The standard InChI is InChI=1S/C30H26N2O2/c1-2-11-27-26-16-9-10-17-28(26)32(31-27)29-19-18-25(33-21-23-12-5-3-6-13-23)20-30(29)34-22-24-14-7-4-8-15-24/h2-10,12-20H,1,11,21-22H2. The van der Waals surface area contributed by atoms with E-state index in [1.807, 2.05) is 77.5 Å². The van der Waals surface area contributed by atoms with Crippen molar-refractivity contribution in [2.45, 2.75) is 19.6 Å². The topological polar surface area (TPSA) is 36.3 Å². The van der Waals surface area contributed by atoms with E-state index in [0.717, 1.165) is 39.2 Å². The van der Waals surface area contributed by atoms with Crippen LogP contribution < -0.4 is 9.47 Å². The lowest BCUT2D eigenvalue weighted by Gasteiger charge is -2.15. The van der Waals surface area contributed by atoms with Crippen molar-refractivity contribution >= 4 is 10.9 Å². The maximum absolute atomic E-state index is 6.33. The van der Waals surface area contributed by atoms with Crippen LogP contribution in [0.3, 0.4) is 0 Å². The normalized spacial score (nSPS) is 10.8. The fourth-order valence-corrected chi connectivity index (χ4v) is 3.95. The third kappa shape index (κ3) is 4.71. The highest BCUT2D eigenvalue weighted by Gasteiger charge is 2.15. The van der Waals surface area contributed by atoms with E-state index in [0.29, 0.717) is 25.4 Å². The highest BCUT2D eigenvalue weighted by atomic mass is 16.5.